The van der Waals surface area contributed by atoms with Gasteiger partial charge in [0.15, 0.2) is 0 Å². The lowest BCUT2D eigenvalue weighted by Crippen LogP contribution is -2.11. The van der Waals surface area contributed by atoms with Crippen LogP contribution in [0.15, 0.2) is 60.7 Å². The summed E-state index contributed by atoms with van der Waals surface area (Å²) in [5, 5.41) is 6.33. The molecule has 2 N–H and O–H groups in total. The molecule has 0 aromatic heterocycles. The summed E-state index contributed by atoms with van der Waals surface area (Å²) in [4.78, 5) is 25.6. The van der Waals surface area contributed by atoms with Crippen LogP contribution in [0.4, 0.5) is 11.4 Å². The molecule has 3 aromatic carbocycles. The number of carbonyl (C=O) groups excluding carboxylic acids is 2. The van der Waals surface area contributed by atoms with E-state index in [1.165, 1.54) is 175 Å². The minimum absolute atomic E-state index is 0.121. The second-order valence-corrected chi connectivity index (χ2v) is 17.2. The lowest BCUT2D eigenvalue weighted by molar-refractivity contribution is -0.117. The van der Waals surface area contributed by atoms with Crippen LogP contribution in [0.2, 0.25) is 0 Å². The highest BCUT2D eigenvalue weighted by Gasteiger charge is 2.15. The lowest BCUT2D eigenvalue weighted by atomic mass is 9.87. The Morgan fingerprint density at radius 2 is 0.638 bits per heavy atom. The van der Waals surface area contributed by atoms with Crippen LogP contribution in [-0.4, -0.2) is 11.8 Å². The molecule has 0 atom stereocenters. The summed E-state index contributed by atoms with van der Waals surface area (Å²) in [6, 6.07) is 22.1. The summed E-state index contributed by atoms with van der Waals surface area (Å²) >= 11 is 0. The zero-order chi connectivity index (χ0) is 41.5. The molecule has 322 valence electrons. The minimum atomic E-state index is 0.121. The number of anilines is 2. The standard InChI is InChI=1S/C54H84N2O2/c1-5-9-13-17-19-21-23-25-29-33-53(57)55-49-39-35-45(36-40-49)51-43-48(32-28-16-12-8-4)52(44-47(51)31-27-15-11-7-3)46-37-41-50(42-38-46)56-54(58)34-30-26-24-22-20-18-14-10-6-2/h35-44H,5-34H2,1-4H3,(H,55,57)(H,56,58). The van der Waals surface area contributed by atoms with E-state index >= 15 is 0 Å². The number of hydrogen-bond donors (Lipinski definition) is 2. The van der Waals surface area contributed by atoms with E-state index in [0.29, 0.717) is 12.8 Å². The first-order valence-corrected chi connectivity index (χ1v) is 24.4. The van der Waals surface area contributed by atoms with Gasteiger partial charge in [0.25, 0.3) is 0 Å². The fraction of sp³-hybridized carbons (Fsp3) is 0.630. The molecule has 4 heteroatoms. The van der Waals surface area contributed by atoms with Crippen molar-refractivity contribution in [2.45, 2.75) is 220 Å². The van der Waals surface area contributed by atoms with Crippen molar-refractivity contribution in [3.63, 3.8) is 0 Å². The Bertz CT molecular complexity index is 1390. The molecule has 4 nitrogen and oxygen atoms in total. The molecule has 3 rings (SSSR count). The third-order valence-corrected chi connectivity index (χ3v) is 11.9. The van der Waals surface area contributed by atoms with Crippen LogP contribution < -0.4 is 10.6 Å². The lowest BCUT2D eigenvalue weighted by Gasteiger charge is -2.18. The van der Waals surface area contributed by atoms with Crippen molar-refractivity contribution in [2.75, 3.05) is 10.6 Å². The Balaban J connectivity index is 1.69. The highest BCUT2D eigenvalue weighted by atomic mass is 16.2. The van der Waals surface area contributed by atoms with Crippen molar-refractivity contribution in [1.82, 2.24) is 0 Å². The van der Waals surface area contributed by atoms with E-state index in [0.717, 1.165) is 49.9 Å². The van der Waals surface area contributed by atoms with E-state index in [-0.39, 0.29) is 11.8 Å². The summed E-state index contributed by atoms with van der Waals surface area (Å²) in [6.07, 6.45) is 35.7. The fourth-order valence-electron chi connectivity index (χ4n) is 8.23. The largest absolute Gasteiger partial charge is 0.326 e. The first kappa shape index (κ1) is 49.0. The zero-order valence-corrected chi connectivity index (χ0v) is 37.8. The van der Waals surface area contributed by atoms with Crippen molar-refractivity contribution in [3.05, 3.63) is 71.8 Å². The molecule has 0 heterocycles. The first-order valence-electron chi connectivity index (χ1n) is 24.4. The van der Waals surface area contributed by atoms with Crippen molar-refractivity contribution in [1.29, 1.82) is 0 Å². The fourth-order valence-corrected chi connectivity index (χ4v) is 8.23. The van der Waals surface area contributed by atoms with Gasteiger partial charge in [0.2, 0.25) is 11.8 Å². The second-order valence-electron chi connectivity index (χ2n) is 17.2. The third kappa shape index (κ3) is 20.5. The Hall–Kier alpha value is -3.40. The molecule has 0 saturated carbocycles. The Morgan fingerprint density at radius 1 is 0.362 bits per heavy atom. The van der Waals surface area contributed by atoms with Gasteiger partial charge in [-0.1, -0.05) is 205 Å². The van der Waals surface area contributed by atoms with E-state index in [9.17, 15) is 9.59 Å². The van der Waals surface area contributed by atoms with E-state index in [1.54, 1.807) is 0 Å². The maximum atomic E-state index is 12.8. The van der Waals surface area contributed by atoms with Gasteiger partial charge in [-0.3, -0.25) is 9.59 Å². The maximum absolute atomic E-state index is 12.8. The summed E-state index contributed by atoms with van der Waals surface area (Å²) < 4.78 is 0. The SMILES string of the molecule is CCCCCCCCCCCC(=O)Nc1ccc(-c2cc(CCCCCC)c(-c3ccc(NC(=O)CCCCCCCCCCC)cc3)cc2CCCCCC)cc1. The molecule has 0 fully saturated rings. The molecular formula is C54H84N2O2. The number of hydrogen-bond acceptors (Lipinski definition) is 2. The minimum Gasteiger partial charge on any atom is -0.326 e. The predicted octanol–water partition coefficient (Wildman–Crippen LogP) is 17.0. The molecular weight excluding hydrogens is 709 g/mol. The molecule has 0 spiro atoms. The average molecular weight is 793 g/mol. The van der Waals surface area contributed by atoms with Gasteiger partial charge in [-0.2, -0.15) is 0 Å². The molecule has 0 aliphatic rings. The van der Waals surface area contributed by atoms with Gasteiger partial charge < -0.3 is 10.6 Å². The van der Waals surface area contributed by atoms with Gasteiger partial charge >= 0.3 is 0 Å². The van der Waals surface area contributed by atoms with E-state index < -0.39 is 0 Å². The summed E-state index contributed by atoms with van der Waals surface area (Å²) in [7, 11) is 0. The molecule has 0 aliphatic carbocycles. The summed E-state index contributed by atoms with van der Waals surface area (Å²) in [6.45, 7) is 9.08. The first-order chi connectivity index (χ1) is 28.5. The molecule has 0 bridgehead atoms. The molecule has 0 saturated heterocycles. The zero-order valence-electron chi connectivity index (χ0n) is 37.8. The maximum Gasteiger partial charge on any atom is 0.224 e. The Morgan fingerprint density at radius 3 is 0.948 bits per heavy atom. The number of rotatable bonds is 34. The molecule has 0 unspecified atom stereocenters. The number of amides is 2. The van der Waals surface area contributed by atoms with Crippen molar-refractivity contribution < 1.29 is 9.59 Å². The normalized spacial score (nSPS) is 11.2. The summed E-state index contributed by atoms with van der Waals surface area (Å²) in [5.74, 6) is 0.242. The second kappa shape index (κ2) is 31.5. The highest BCUT2D eigenvalue weighted by molar-refractivity contribution is 5.92. The van der Waals surface area contributed by atoms with Gasteiger partial charge in [-0.05, 0) is 96.2 Å². The van der Waals surface area contributed by atoms with Crippen LogP contribution in [0.3, 0.4) is 0 Å². The number of unbranched alkanes of at least 4 members (excludes halogenated alkanes) is 22. The number of benzene rings is 3. The van der Waals surface area contributed by atoms with Crippen LogP contribution in [0.25, 0.3) is 22.3 Å². The van der Waals surface area contributed by atoms with Crippen LogP contribution in [0.1, 0.15) is 219 Å². The topological polar surface area (TPSA) is 58.2 Å². The van der Waals surface area contributed by atoms with Crippen LogP contribution >= 0.6 is 0 Å². The van der Waals surface area contributed by atoms with Crippen molar-refractivity contribution >= 4 is 23.2 Å². The van der Waals surface area contributed by atoms with Gasteiger partial charge in [0, 0.05) is 24.2 Å². The van der Waals surface area contributed by atoms with Gasteiger partial charge in [0.05, 0.1) is 0 Å². The Kier molecular flexibility index (Phi) is 26.6. The van der Waals surface area contributed by atoms with Crippen LogP contribution in [0.5, 0.6) is 0 Å². The van der Waals surface area contributed by atoms with Gasteiger partial charge in [-0.15, -0.1) is 0 Å². The van der Waals surface area contributed by atoms with E-state index in [1.807, 2.05) is 0 Å². The molecule has 0 radical (unpaired) electrons. The van der Waals surface area contributed by atoms with Crippen LogP contribution in [-0.2, 0) is 22.4 Å². The Labute approximate surface area is 356 Å². The number of carbonyl (C=O) groups is 2. The average Bonchev–Trinajstić information content (AvgIpc) is 3.23. The predicted molar refractivity (Wildman–Crippen MR) is 254 cm³/mol. The number of nitrogens with one attached hydrogen (secondary N) is 2. The third-order valence-electron chi connectivity index (χ3n) is 11.9. The molecule has 2 amide bonds. The van der Waals surface area contributed by atoms with Crippen LogP contribution in [0, 0.1) is 0 Å². The highest BCUT2D eigenvalue weighted by Crippen LogP contribution is 2.36. The summed E-state index contributed by atoms with van der Waals surface area (Å²) in [5.41, 5.74) is 9.62. The van der Waals surface area contributed by atoms with Gasteiger partial charge in [0.1, 0.15) is 0 Å². The van der Waals surface area contributed by atoms with Crippen molar-refractivity contribution in [2.24, 2.45) is 0 Å². The smallest absolute Gasteiger partial charge is 0.224 e. The quantitative estimate of drug-likeness (QED) is 0.0592. The number of aryl methyl sites for hydroxylation is 2. The van der Waals surface area contributed by atoms with Gasteiger partial charge in [-0.25, -0.2) is 0 Å². The van der Waals surface area contributed by atoms with E-state index in [2.05, 4.69) is 99.0 Å². The van der Waals surface area contributed by atoms with Crippen molar-refractivity contribution in [3.8, 4) is 22.3 Å². The molecule has 58 heavy (non-hydrogen) atoms. The van der Waals surface area contributed by atoms with E-state index in [4.69, 9.17) is 0 Å². The molecule has 0 aliphatic heterocycles. The monoisotopic (exact) mass is 793 g/mol. The molecule has 3 aromatic rings.